The Kier molecular flexibility index (Phi) is 3.67. The Hall–Kier alpha value is 0.390. The Labute approximate surface area is 93.7 Å². The molecular formula is C7H15FO6P2. The van der Waals surface area contributed by atoms with Gasteiger partial charge in [-0.05, 0) is 0 Å². The first-order valence-corrected chi connectivity index (χ1v) is 7.87. The van der Waals surface area contributed by atoms with Crippen molar-refractivity contribution in [1.29, 1.82) is 0 Å². The first-order valence-electron chi connectivity index (χ1n) is 5.00. The van der Waals surface area contributed by atoms with E-state index in [1.54, 1.807) is 0 Å². The summed E-state index contributed by atoms with van der Waals surface area (Å²) < 4.78 is 43.6. The van der Waals surface area contributed by atoms with Crippen LogP contribution in [-0.2, 0) is 22.7 Å². The molecule has 1 N–H and O–H groups in total. The van der Waals surface area contributed by atoms with Crippen LogP contribution in [0.2, 0.25) is 0 Å². The minimum atomic E-state index is -4.44. The van der Waals surface area contributed by atoms with E-state index in [9.17, 15) is 8.76 Å². The molecule has 2 atom stereocenters. The van der Waals surface area contributed by atoms with Crippen LogP contribution in [0.15, 0.2) is 0 Å². The van der Waals surface area contributed by atoms with Gasteiger partial charge in [0.15, 0.2) is 0 Å². The van der Waals surface area contributed by atoms with Gasteiger partial charge in [-0.2, -0.15) is 0 Å². The molecule has 0 saturated carbocycles. The second-order valence-electron chi connectivity index (χ2n) is 4.00. The van der Waals surface area contributed by atoms with E-state index in [4.69, 9.17) is 13.9 Å². The standard InChI is InChI=1S/C7H15FO6P2/c1-2-6-7(3-11-15(9)14-6)4-12-16(8,10)13-5-7/h6,10,15-16H,2-5H2,1H3. The summed E-state index contributed by atoms with van der Waals surface area (Å²) in [5.74, 6) is 0. The Bertz CT molecular complexity index is 289. The molecule has 2 unspecified atom stereocenters. The summed E-state index contributed by atoms with van der Waals surface area (Å²) in [5.41, 5.74) is -0.668. The van der Waals surface area contributed by atoms with Gasteiger partial charge in [-0.3, -0.25) is 0 Å². The third kappa shape index (κ3) is 2.46. The van der Waals surface area contributed by atoms with Crippen LogP contribution in [0.5, 0.6) is 0 Å². The molecule has 2 heterocycles. The van der Waals surface area contributed by atoms with Gasteiger partial charge in [-0.1, -0.05) is 0 Å². The summed E-state index contributed by atoms with van der Waals surface area (Å²) in [6, 6.07) is 0. The average Bonchev–Trinajstić information content (AvgIpc) is 2.25. The number of hydrogen-bond donors (Lipinski definition) is 1. The van der Waals surface area contributed by atoms with Gasteiger partial charge >= 0.3 is 92.9 Å². The fraction of sp³-hybridized carbons (Fsp3) is 1.00. The van der Waals surface area contributed by atoms with Crippen molar-refractivity contribution in [3.8, 4) is 0 Å². The molecule has 0 amide bonds. The molecule has 6 nitrogen and oxygen atoms in total. The average molecular weight is 276 g/mol. The molecule has 9 heteroatoms. The summed E-state index contributed by atoms with van der Waals surface area (Å²) in [6.45, 7) is 1.91. The summed E-state index contributed by atoms with van der Waals surface area (Å²) in [5, 5.41) is 0. The molecule has 96 valence electrons. The van der Waals surface area contributed by atoms with Gasteiger partial charge in [0.05, 0.1) is 0 Å². The molecule has 2 rings (SSSR count). The van der Waals surface area contributed by atoms with E-state index >= 15 is 0 Å². The molecule has 2 aliphatic heterocycles. The topological polar surface area (TPSA) is 74.2 Å². The minimum absolute atomic E-state index is 0.0418. The molecule has 0 aliphatic carbocycles. The van der Waals surface area contributed by atoms with Gasteiger partial charge in [-0.25, -0.2) is 0 Å². The maximum absolute atomic E-state index is 13.0. The summed E-state index contributed by atoms with van der Waals surface area (Å²) in [7, 11) is -6.90. The van der Waals surface area contributed by atoms with E-state index in [0.29, 0.717) is 6.42 Å². The maximum atomic E-state index is 13.0. The van der Waals surface area contributed by atoms with Crippen molar-refractivity contribution < 1.29 is 31.8 Å². The van der Waals surface area contributed by atoms with Gasteiger partial charge in [-0.15, -0.1) is 0 Å². The molecule has 0 radical (unpaired) electrons. The predicted molar refractivity (Wildman–Crippen MR) is 56.1 cm³/mol. The van der Waals surface area contributed by atoms with Gasteiger partial charge < -0.3 is 0 Å². The second-order valence-corrected chi connectivity index (χ2v) is 6.61. The molecule has 0 aromatic rings. The zero-order valence-corrected chi connectivity index (χ0v) is 10.8. The van der Waals surface area contributed by atoms with E-state index in [-0.39, 0.29) is 25.9 Å². The number of halogens is 1. The van der Waals surface area contributed by atoms with Crippen LogP contribution < -0.4 is 0 Å². The molecule has 16 heavy (non-hydrogen) atoms. The van der Waals surface area contributed by atoms with Crippen LogP contribution in [0.4, 0.5) is 4.20 Å². The van der Waals surface area contributed by atoms with Gasteiger partial charge in [0.2, 0.25) is 0 Å². The number of hydrogen-bond acceptors (Lipinski definition) is 6. The van der Waals surface area contributed by atoms with Gasteiger partial charge in [0, 0.05) is 0 Å². The van der Waals surface area contributed by atoms with Crippen molar-refractivity contribution >= 4 is 16.5 Å². The molecule has 2 aliphatic rings. The third-order valence-electron chi connectivity index (χ3n) is 2.85. The molecule has 0 aromatic heterocycles. The quantitative estimate of drug-likeness (QED) is 0.733. The van der Waals surface area contributed by atoms with Crippen LogP contribution in [0.3, 0.4) is 0 Å². The zero-order valence-electron chi connectivity index (χ0n) is 8.77. The summed E-state index contributed by atoms with van der Waals surface area (Å²) >= 11 is 0. The Morgan fingerprint density at radius 1 is 1.50 bits per heavy atom. The molecule has 2 saturated heterocycles. The fourth-order valence-corrected chi connectivity index (χ4v) is 4.04. The fourth-order valence-electron chi connectivity index (χ4n) is 1.91. The van der Waals surface area contributed by atoms with Crippen molar-refractivity contribution in [2.24, 2.45) is 5.41 Å². The Morgan fingerprint density at radius 3 is 2.69 bits per heavy atom. The second kappa shape index (κ2) is 4.58. The van der Waals surface area contributed by atoms with Gasteiger partial charge in [0.25, 0.3) is 0 Å². The van der Waals surface area contributed by atoms with Crippen molar-refractivity contribution in [2.75, 3.05) is 19.8 Å². The van der Waals surface area contributed by atoms with Crippen molar-refractivity contribution in [3.63, 3.8) is 0 Å². The summed E-state index contributed by atoms with van der Waals surface area (Å²) in [4.78, 5) is 8.99. The first-order chi connectivity index (χ1) is 7.47. The number of rotatable bonds is 1. The van der Waals surface area contributed by atoms with E-state index < -0.39 is 21.9 Å². The van der Waals surface area contributed by atoms with Crippen LogP contribution in [0.1, 0.15) is 13.3 Å². The molecule has 0 aromatic carbocycles. The molecule has 1 spiro atoms. The molecular weight excluding hydrogens is 261 g/mol. The third-order valence-corrected chi connectivity index (χ3v) is 4.70. The SMILES string of the molecule is CCC1O[PH](=O)OCC12CO[PH](O)(F)OC2. The monoisotopic (exact) mass is 276 g/mol. The van der Waals surface area contributed by atoms with E-state index in [0.717, 1.165) is 0 Å². The van der Waals surface area contributed by atoms with Crippen LogP contribution in [-0.4, -0.2) is 30.8 Å². The van der Waals surface area contributed by atoms with Gasteiger partial charge in [0.1, 0.15) is 0 Å². The van der Waals surface area contributed by atoms with E-state index in [2.05, 4.69) is 9.05 Å². The molecule has 2 fully saturated rings. The van der Waals surface area contributed by atoms with Crippen LogP contribution in [0.25, 0.3) is 0 Å². The first kappa shape index (κ1) is 12.8. The van der Waals surface area contributed by atoms with Crippen molar-refractivity contribution in [3.05, 3.63) is 0 Å². The Balaban J connectivity index is 2.09. The van der Waals surface area contributed by atoms with E-state index in [1.165, 1.54) is 0 Å². The Morgan fingerprint density at radius 2 is 2.12 bits per heavy atom. The molecule has 0 bridgehead atoms. The van der Waals surface area contributed by atoms with Crippen LogP contribution >= 0.6 is 16.5 Å². The van der Waals surface area contributed by atoms with Crippen molar-refractivity contribution in [2.45, 2.75) is 19.4 Å². The summed E-state index contributed by atoms with van der Waals surface area (Å²) in [6.07, 6.45) is 0.233. The van der Waals surface area contributed by atoms with Crippen molar-refractivity contribution in [1.82, 2.24) is 0 Å². The van der Waals surface area contributed by atoms with E-state index in [1.807, 2.05) is 6.92 Å². The predicted octanol–water partition coefficient (Wildman–Crippen LogP) is 1.61. The van der Waals surface area contributed by atoms with Crippen LogP contribution in [0, 0.1) is 5.41 Å². The zero-order chi connectivity index (χ0) is 11.8. The normalized spacial score (nSPS) is 45.4.